The number of carbonyl (C=O) groups is 2. The molecule has 22 heavy (non-hydrogen) atoms. The third-order valence-corrected chi connectivity index (χ3v) is 4.09. The predicted octanol–water partition coefficient (Wildman–Crippen LogP) is 2.74. The number of aryl methyl sites for hydroxylation is 1. The number of thiazole rings is 1. The van der Waals surface area contributed by atoms with Gasteiger partial charge in [0, 0.05) is 22.0 Å². The first-order chi connectivity index (χ1) is 10.4. The molecule has 0 saturated heterocycles. The van der Waals surface area contributed by atoms with Crippen molar-refractivity contribution >= 4 is 28.8 Å². The molecule has 0 atom stereocenters. The van der Waals surface area contributed by atoms with E-state index in [-0.39, 0.29) is 24.2 Å². The van der Waals surface area contributed by atoms with E-state index in [9.17, 15) is 9.59 Å². The summed E-state index contributed by atoms with van der Waals surface area (Å²) in [5.74, 6) is -0.454. The first kappa shape index (κ1) is 16.2. The maximum absolute atomic E-state index is 11.7. The molecule has 1 aromatic carbocycles. The molecule has 0 aliphatic heterocycles. The molecule has 6 heteroatoms. The van der Waals surface area contributed by atoms with Crippen LogP contribution >= 0.6 is 11.3 Å². The van der Waals surface area contributed by atoms with Crippen LogP contribution in [0.1, 0.15) is 23.7 Å². The van der Waals surface area contributed by atoms with Crippen LogP contribution < -0.4 is 11.1 Å². The van der Waals surface area contributed by atoms with Crippen molar-refractivity contribution < 1.29 is 9.59 Å². The number of amides is 2. The van der Waals surface area contributed by atoms with Crippen molar-refractivity contribution in [3.63, 3.8) is 0 Å². The van der Waals surface area contributed by atoms with Gasteiger partial charge in [0.2, 0.25) is 11.8 Å². The van der Waals surface area contributed by atoms with Gasteiger partial charge in [0.05, 0.1) is 12.1 Å². The standard InChI is InChI=1S/C16H19N3O2S/c1-9(2)16(21)18-12-6-4-11(5-7-12)15-10(3)22-14(19-15)8-13(17)20/h4-7,9H,8H2,1-3H3,(H2,17,20)(H,18,21). The van der Waals surface area contributed by atoms with E-state index in [1.165, 1.54) is 11.3 Å². The lowest BCUT2D eigenvalue weighted by Gasteiger charge is -2.08. The van der Waals surface area contributed by atoms with Crippen LogP contribution in [0, 0.1) is 12.8 Å². The number of hydrogen-bond donors (Lipinski definition) is 2. The van der Waals surface area contributed by atoms with Crippen LogP contribution in [-0.2, 0) is 16.0 Å². The second kappa shape index (κ2) is 6.70. The zero-order valence-electron chi connectivity index (χ0n) is 12.8. The van der Waals surface area contributed by atoms with Crippen LogP contribution in [-0.4, -0.2) is 16.8 Å². The first-order valence-electron chi connectivity index (χ1n) is 7.02. The van der Waals surface area contributed by atoms with E-state index in [0.29, 0.717) is 0 Å². The van der Waals surface area contributed by atoms with Gasteiger partial charge in [-0.1, -0.05) is 26.0 Å². The van der Waals surface area contributed by atoms with E-state index in [1.54, 1.807) is 0 Å². The number of nitrogens with two attached hydrogens (primary N) is 1. The summed E-state index contributed by atoms with van der Waals surface area (Å²) in [5.41, 5.74) is 7.76. The van der Waals surface area contributed by atoms with Crippen LogP contribution in [0.5, 0.6) is 0 Å². The highest BCUT2D eigenvalue weighted by atomic mass is 32.1. The average Bonchev–Trinajstić information content (AvgIpc) is 2.79. The number of nitrogens with zero attached hydrogens (tertiary/aromatic N) is 1. The summed E-state index contributed by atoms with van der Waals surface area (Å²) in [5, 5.41) is 3.57. The second-order valence-electron chi connectivity index (χ2n) is 5.38. The third-order valence-electron chi connectivity index (χ3n) is 3.12. The van der Waals surface area contributed by atoms with Gasteiger partial charge in [-0.15, -0.1) is 11.3 Å². The number of primary amides is 1. The molecule has 3 N–H and O–H groups in total. The Kier molecular flexibility index (Phi) is 4.92. The fraction of sp³-hybridized carbons (Fsp3) is 0.312. The van der Waals surface area contributed by atoms with E-state index in [2.05, 4.69) is 10.3 Å². The lowest BCUT2D eigenvalue weighted by atomic mass is 10.1. The summed E-state index contributed by atoms with van der Waals surface area (Å²) >= 11 is 1.47. The largest absolute Gasteiger partial charge is 0.369 e. The number of hydrogen-bond acceptors (Lipinski definition) is 4. The van der Waals surface area contributed by atoms with Gasteiger partial charge in [0.1, 0.15) is 5.01 Å². The summed E-state index contributed by atoms with van der Waals surface area (Å²) < 4.78 is 0. The Balaban J connectivity index is 2.18. The van der Waals surface area contributed by atoms with Crippen molar-refractivity contribution in [1.82, 2.24) is 4.98 Å². The van der Waals surface area contributed by atoms with E-state index < -0.39 is 0 Å². The second-order valence-corrected chi connectivity index (χ2v) is 6.66. The van der Waals surface area contributed by atoms with Crippen LogP contribution in [0.25, 0.3) is 11.3 Å². The Labute approximate surface area is 133 Å². The van der Waals surface area contributed by atoms with Crippen LogP contribution in [0.3, 0.4) is 0 Å². The van der Waals surface area contributed by atoms with Crippen molar-refractivity contribution in [2.24, 2.45) is 11.7 Å². The van der Waals surface area contributed by atoms with Crippen molar-refractivity contribution in [3.05, 3.63) is 34.2 Å². The van der Waals surface area contributed by atoms with Crippen molar-refractivity contribution in [1.29, 1.82) is 0 Å². The lowest BCUT2D eigenvalue weighted by Crippen LogP contribution is -2.17. The van der Waals surface area contributed by atoms with Gasteiger partial charge in [0.25, 0.3) is 0 Å². The predicted molar refractivity (Wildman–Crippen MR) is 88.7 cm³/mol. The van der Waals surface area contributed by atoms with Crippen LogP contribution in [0.15, 0.2) is 24.3 Å². The van der Waals surface area contributed by atoms with Gasteiger partial charge in [-0.3, -0.25) is 9.59 Å². The topological polar surface area (TPSA) is 85.1 Å². The fourth-order valence-corrected chi connectivity index (χ4v) is 2.91. The molecule has 0 unspecified atom stereocenters. The van der Waals surface area contributed by atoms with Crippen LogP contribution in [0.4, 0.5) is 5.69 Å². The molecule has 2 rings (SSSR count). The molecule has 0 aliphatic carbocycles. The highest BCUT2D eigenvalue weighted by Crippen LogP contribution is 2.28. The number of benzene rings is 1. The van der Waals surface area contributed by atoms with Crippen LogP contribution in [0.2, 0.25) is 0 Å². The summed E-state index contributed by atoms with van der Waals surface area (Å²) in [4.78, 5) is 28.1. The average molecular weight is 317 g/mol. The quantitative estimate of drug-likeness (QED) is 0.889. The minimum absolute atomic E-state index is 0.0127. The fourth-order valence-electron chi connectivity index (χ4n) is 1.94. The molecule has 0 fully saturated rings. The highest BCUT2D eigenvalue weighted by molar-refractivity contribution is 7.12. The lowest BCUT2D eigenvalue weighted by molar-refractivity contribution is -0.119. The van der Waals surface area contributed by atoms with E-state index >= 15 is 0 Å². The highest BCUT2D eigenvalue weighted by Gasteiger charge is 2.12. The van der Waals surface area contributed by atoms with Crippen molar-refractivity contribution in [3.8, 4) is 11.3 Å². The minimum Gasteiger partial charge on any atom is -0.369 e. The molecule has 0 radical (unpaired) electrons. The summed E-state index contributed by atoms with van der Waals surface area (Å²) in [6.45, 7) is 5.66. The normalized spacial score (nSPS) is 10.7. The number of rotatable bonds is 5. The van der Waals surface area contributed by atoms with Gasteiger partial charge in [-0.25, -0.2) is 4.98 Å². The first-order valence-corrected chi connectivity index (χ1v) is 7.84. The molecular weight excluding hydrogens is 298 g/mol. The van der Waals surface area contributed by atoms with Gasteiger partial charge in [-0.05, 0) is 19.1 Å². The van der Waals surface area contributed by atoms with Crippen molar-refractivity contribution in [2.75, 3.05) is 5.32 Å². The zero-order valence-corrected chi connectivity index (χ0v) is 13.7. The maximum Gasteiger partial charge on any atom is 0.226 e. The van der Waals surface area contributed by atoms with Gasteiger partial charge >= 0.3 is 0 Å². The molecule has 0 saturated carbocycles. The van der Waals surface area contributed by atoms with Gasteiger partial charge < -0.3 is 11.1 Å². The Morgan fingerprint density at radius 3 is 2.45 bits per heavy atom. The van der Waals surface area contributed by atoms with E-state index in [1.807, 2.05) is 45.0 Å². The number of anilines is 1. The molecule has 2 amide bonds. The third kappa shape index (κ3) is 3.92. The maximum atomic E-state index is 11.7. The van der Waals surface area contributed by atoms with Gasteiger partial charge in [-0.2, -0.15) is 0 Å². The van der Waals surface area contributed by atoms with E-state index in [4.69, 9.17) is 5.73 Å². The molecule has 0 aliphatic rings. The molecule has 1 heterocycles. The Morgan fingerprint density at radius 1 is 1.27 bits per heavy atom. The van der Waals surface area contributed by atoms with Crippen molar-refractivity contribution in [2.45, 2.75) is 27.2 Å². The molecule has 0 bridgehead atoms. The number of carbonyl (C=O) groups excluding carboxylic acids is 2. The molecule has 116 valence electrons. The smallest absolute Gasteiger partial charge is 0.226 e. The summed E-state index contributed by atoms with van der Waals surface area (Å²) in [6, 6.07) is 7.52. The number of nitrogens with one attached hydrogen (secondary N) is 1. The SMILES string of the molecule is Cc1sc(CC(N)=O)nc1-c1ccc(NC(=O)C(C)C)cc1. The minimum atomic E-state index is -0.382. The van der Waals surface area contributed by atoms with Gasteiger partial charge in [0.15, 0.2) is 0 Å². The summed E-state index contributed by atoms with van der Waals surface area (Å²) in [7, 11) is 0. The molecule has 1 aromatic heterocycles. The Hall–Kier alpha value is -2.21. The molecular formula is C16H19N3O2S. The monoisotopic (exact) mass is 317 g/mol. The zero-order chi connectivity index (χ0) is 16.3. The molecule has 0 spiro atoms. The Bertz CT molecular complexity index is 690. The molecule has 2 aromatic rings. The van der Waals surface area contributed by atoms with E-state index in [0.717, 1.165) is 26.8 Å². The summed E-state index contributed by atoms with van der Waals surface area (Å²) in [6.07, 6.45) is 0.161. The molecule has 5 nitrogen and oxygen atoms in total. The number of aromatic nitrogens is 1. The Morgan fingerprint density at radius 2 is 1.91 bits per heavy atom.